The van der Waals surface area contributed by atoms with E-state index < -0.39 is 35.6 Å². The molecule has 0 saturated heterocycles. The third kappa shape index (κ3) is 1.39. The highest BCUT2D eigenvalue weighted by atomic mass is 19.4. The molecule has 0 aromatic carbocycles. The van der Waals surface area contributed by atoms with Gasteiger partial charge in [0, 0.05) is 0 Å². The first-order valence-electron chi connectivity index (χ1n) is 3.31. The van der Waals surface area contributed by atoms with Crippen molar-refractivity contribution in [3.8, 4) is 0 Å². The Kier molecular flexibility index (Phi) is 2.29. The predicted octanol–water partition coefficient (Wildman–Crippen LogP) is 3.39. The van der Waals surface area contributed by atoms with E-state index in [9.17, 15) is 39.5 Å². The van der Waals surface area contributed by atoms with Gasteiger partial charge in [0.2, 0.25) is 0 Å². The third-order valence-corrected chi connectivity index (χ3v) is 1.87. The maximum Gasteiger partial charge on any atom is 0.430 e. The monoisotopic (exact) mass is 244 g/mol. The van der Waals surface area contributed by atoms with Crippen molar-refractivity contribution in [2.45, 2.75) is 24.2 Å². The normalized spacial score (nSPS) is 33.0. The summed E-state index contributed by atoms with van der Waals surface area (Å²) in [6, 6.07) is 0. The fourth-order valence-corrected chi connectivity index (χ4v) is 1.15. The molecule has 1 aliphatic carbocycles. The lowest BCUT2D eigenvalue weighted by Crippen LogP contribution is -2.61. The molecule has 0 amide bonds. The van der Waals surface area contributed by atoms with E-state index >= 15 is 0 Å². The lowest BCUT2D eigenvalue weighted by molar-refractivity contribution is -0.266. The molecule has 2 atom stereocenters. The van der Waals surface area contributed by atoms with Crippen LogP contribution in [0.15, 0.2) is 11.4 Å². The van der Waals surface area contributed by atoms with E-state index in [0.29, 0.717) is 0 Å². The smallest absolute Gasteiger partial charge is 0.235 e. The number of alkyl halides is 8. The van der Waals surface area contributed by atoms with Gasteiger partial charge in [-0.15, -0.1) is 0 Å². The minimum Gasteiger partial charge on any atom is -0.235 e. The van der Waals surface area contributed by atoms with Crippen LogP contribution in [-0.2, 0) is 0 Å². The van der Waals surface area contributed by atoms with Gasteiger partial charge in [-0.3, -0.25) is 0 Å². The molecule has 0 unspecified atom stereocenters. The Labute approximate surface area is 76.4 Å². The average Bonchev–Trinajstić information content (AvgIpc) is 1.99. The zero-order valence-electron chi connectivity index (χ0n) is 6.48. The van der Waals surface area contributed by atoms with Crippen molar-refractivity contribution < 1.29 is 39.5 Å². The molecule has 0 bridgehead atoms. The molecule has 0 nitrogen and oxygen atoms in total. The molecule has 1 aliphatic rings. The van der Waals surface area contributed by atoms with Gasteiger partial charge in [-0.2, -0.15) is 26.3 Å². The van der Waals surface area contributed by atoms with E-state index in [4.69, 9.17) is 0 Å². The third-order valence-electron chi connectivity index (χ3n) is 1.87. The van der Waals surface area contributed by atoms with E-state index in [0.717, 1.165) is 0 Å². The second-order valence-corrected chi connectivity index (χ2v) is 2.79. The van der Waals surface area contributed by atoms with E-state index in [1.807, 2.05) is 0 Å². The number of hydrogen-bond donors (Lipinski definition) is 0. The van der Waals surface area contributed by atoms with Gasteiger partial charge in [-0.1, -0.05) is 0 Å². The van der Waals surface area contributed by atoms with Crippen LogP contribution in [0.5, 0.6) is 0 Å². The van der Waals surface area contributed by atoms with Crippen LogP contribution in [0.1, 0.15) is 0 Å². The van der Waals surface area contributed by atoms with Gasteiger partial charge in [0.15, 0.2) is 12.0 Å². The van der Waals surface area contributed by atoms with Crippen LogP contribution in [0.3, 0.4) is 0 Å². The quantitative estimate of drug-likeness (QED) is 0.573. The summed E-state index contributed by atoms with van der Waals surface area (Å²) < 4.78 is 108. The van der Waals surface area contributed by atoms with Crippen molar-refractivity contribution in [2.24, 2.45) is 0 Å². The van der Waals surface area contributed by atoms with Crippen LogP contribution >= 0.6 is 0 Å². The topological polar surface area (TPSA) is 0 Å². The molecule has 0 heterocycles. The number of halogens is 9. The Morgan fingerprint density at radius 3 is 1.60 bits per heavy atom. The molecule has 0 N–H and O–H groups in total. The Hall–Kier alpha value is -0.890. The van der Waals surface area contributed by atoms with Gasteiger partial charge in [0.1, 0.15) is 5.57 Å². The highest BCUT2D eigenvalue weighted by Gasteiger charge is 2.78. The predicted molar refractivity (Wildman–Crippen MR) is 29.0 cm³/mol. The Bertz CT molecular complexity index is 308. The first kappa shape index (κ1) is 12.2. The summed E-state index contributed by atoms with van der Waals surface area (Å²) in [7, 11) is 0. The molecular formula is C6HF9. The average molecular weight is 244 g/mol. The van der Waals surface area contributed by atoms with Crippen molar-refractivity contribution >= 4 is 0 Å². The van der Waals surface area contributed by atoms with Crippen molar-refractivity contribution in [3.05, 3.63) is 11.4 Å². The molecule has 88 valence electrons. The van der Waals surface area contributed by atoms with E-state index in [2.05, 4.69) is 0 Å². The number of allylic oxidation sites excluding steroid dienone is 2. The maximum atomic E-state index is 12.7. The van der Waals surface area contributed by atoms with Crippen LogP contribution in [0, 0.1) is 0 Å². The summed E-state index contributed by atoms with van der Waals surface area (Å²) in [5.74, 6) is -2.76. The second kappa shape index (κ2) is 2.82. The molecule has 15 heavy (non-hydrogen) atoms. The SMILES string of the molecule is FC1=C(C(F)(F)F)[C@@](F)(C(F)(F)F)[C@@H]1F. The number of hydrogen-bond acceptors (Lipinski definition) is 0. The van der Waals surface area contributed by atoms with Crippen molar-refractivity contribution in [1.29, 1.82) is 0 Å². The molecule has 0 saturated carbocycles. The Morgan fingerprint density at radius 1 is 1.00 bits per heavy atom. The van der Waals surface area contributed by atoms with Gasteiger partial charge in [0.25, 0.3) is 5.67 Å². The minimum absolute atomic E-state index is 2.76. The molecule has 1 rings (SSSR count). The highest BCUT2D eigenvalue weighted by molar-refractivity contribution is 5.44. The standard InChI is InChI=1S/C6HF9/c7-1-2(5(10,11)12)4(9,3(1)8)6(13,14)15/h3H/t3-,4+/m1/s1. The van der Waals surface area contributed by atoms with Crippen LogP contribution in [0.25, 0.3) is 0 Å². The summed E-state index contributed by atoms with van der Waals surface area (Å²) in [5.41, 5.74) is -8.44. The van der Waals surface area contributed by atoms with Crippen LogP contribution < -0.4 is 0 Å². The highest BCUT2D eigenvalue weighted by Crippen LogP contribution is 2.59. The van der Waals surface area contributed by atoms with Crippen LogP contribution in [-0.4, -0.2) is 24.2 Å². The van der Waals surface area contributed by atoms with Gasteiger partial charge >= 0.3 is 12.4 Å². The number of rotatable bonds is 0. The molecule has 9 heteroatoms. The van der Waals surface area contributed by atoms with E-state index in [1.54, 1.807) is 0 Å². The molecule has 0 radical (unpaired) electrons. The van der Waals surface area contributed by atoms with E-state index in [1.165, 1.54) is 0 Å². The summed E-state index contributed by atoms with van der Waals surface area (Å²) >= 11 is 0. The van der Waals surface area contributed by atoms with Crippen molar-refractivity contribution in [3.63, 3.8) is 0 Å². The van der Waals surface area contributed by atoms with Crippen LogP contribution in [0.2, 0.25) is 0 Å². The van der Waals surface area contributed by atoms with Crippen molar-refractivity contribution in [1.82, 2.24) is 0 Å². The Balaban J connectivity index is 3.28. The summed E-state index contributed by atoms with van der Waals surface area (Å²) in [6.07, 6.45) is -16.0. The molecule has 0 spiro atoms. The zero-order chi connectivity index (χ0) is 12.2. The van der Waals surface area contributed by atoms with Crippen LogP contribution in [0.4, 0.5) is 39.5 Å². The Morgan fingerprint density at radius 2 is 1.40 bits per heavy atom. The largest absolute Gasteiger partial charge is 0.430 e. The first-order valence-corrected chi connectivity index (χ1v) is 3.31. The van der Waals surface area contributed by atoms with E-state index in [-0.39, 0.29) is 0 Å². The molecular weight excluding hydrogens is 243 g/mol. The second-order valence-electron chi connectivity index (χ2n) is 2.79. The fraction of sp³-hybridized carbons (Fsp3) is 0.667. The lowest BCUT2D eigenvalue weighted by atomic mass is 9.77. The maximum absolute atomic E-state index is 12.7. The first-order chi connectivity index (χ1) is 6.44. The summed E-state index contributed by atoms with van der Waals surface area (Å²) in [6.45, 7) is 0. The molecule has 0 aliphatic heterocycles. The zero-order valence-corrected chi connectivity index (χ0v) is 6.48. The van der Waals surface area contributed by atoms with Gasteiger partial charge < -0.3 is 0 Å². The molecule has 0 aromatic heterocycles. The summed E-state index contributed by atoms with van der Waals surface area (Å²) in [5, 5.41) is 0. The van der Waals surface area contributed by atoms with Gasteiger partial charge in [-0.05, 0) is 0 Å². The fourth-order valence-electron chi connectivity index (χ4n) is 1.15. The van der Waals surface area contributed by atoms with Crippen molar-refractivity contribution in [2.75, 3.05) is 0 Å². The lowest BCUT2D eigenvalue weighted by Gasteiger charge is -2.40. The molecule has 0 fully saturated rings. The minimum atomic E-state index is -6.15. The summed E-state index contributed by atoms with van der Waals surface area (Å²) in [4.78, 5) is 0. The van der Waals surface area contributed by atoms with Gasteiger partial charge in [-0.25, -0.2) is 13.2 Å². The molecule has 0 aromatic rings. The van der Waals surface area contributed by atoms with Gasteiger partial charge in [0.05, 0.1) is 0 Å².